The van der Waals surface area contributed by atoms with Crippen molar-refractivity contribution >= 4 is 53.3 Å². The zero-order valence-electron chi connectivity index (χ0n) is 26.0. The van der Waals surface area contributed by atoms with E-state index in [4.69, 9.17) is 9.97 Å². The average Bonchev–Trinajstić information content (AvgIpc) is 3.74. The second-order valence-electron chi connectivity index (χ2n) is 13.0. The summed E-state index contributed by atoms with van der Waals surface area (Å²) in [6, 6.07) is 50.2. The number of nitrogens with zero attached hydrogens (tertiary/aromatic N) is 3. The molecule has 3 nitrogen and oxygen atoms in total. The molecule has 0 radical (unpaired) electrons. The number of hydrogen-bond acceptors (Lipinski definition) is 3. The van der Waals surface area contributed by atoms with Crippen LogP contribution in [-0.2, 0) is 5.41 Å². The molecule has 0 atom stereocenters. The molecule has 3 heterocycles. The van der Waals surface area contributed by atoms with Crippen LogP contribution in [0.25, 0.3) is 81.4 Å². The summed E-state index contributed by atoms with van der Waals surface area (Å²) in [5.74, 6) is 0.763. The van der Waals surface area contributed by atoms with Crippen LogP contribution in [0.3, 0.4) is 0 Å². The van der Waals surface area contributed by atoms with Crippen LogP contribution in [0.5, 0.6) is 0 Å². The largest absolute Gasteiger partial charge is 0.309 e. The Balaban J connectivity index is 1.20. The van der Waals surface area contributed by atoms with Crippen molar-refractivity contribution < 1.29 is 0 Å². The van der Waals surface area contributed by atoms with Crippen molar-refractivity contribution in [3.63, 3.8) is 0 Å². The van der Waals surface area contributed by atoms with Crippen molar-refractivity contribution in [1.29, 1.82) is 0 Å². The lowest BCUT2D eigenvalue weighted by molar-refractivity contribution is 0.636. The van der Waals surface area contributed by atoms with E-state index in [1.165, 1.54) is 53.1 Å². The summed E-state index contributed by atoms with van der Waals surface area (Å²) >= 11 is 1.87. The van der Waals surface area contributed by atoms with E-state index in [0.29, 0.717) is 0 Å². The van der Waals surface area contributed by atoms with E-state index in [9.17, 15) is 0 Å². The highest BCUT2D eigenvalue weighted by molar-refractivity contribution is 7.26. The zero-order chi connectivity index (χ0) is 31.3. The first-order valence-corrected chi connectivity index (χ1v) is 16.9. The van der Waals surface area contributed by atoms with Crippen molar-refractivity contribution in [3.05, 3.63) is 151 Å². The maximum Gasteiger partial charge on any atom is 0.160 e. The minimum absolute atomic E-state index is 0.229. The first-order chi connectivity index (χ1) is 23.1. The van der Waals surface area contributed by atoms with Crippen LogP contribution >= 0.6 is 11.3 Å². The molecular formula is C43H29N3S. The number of benzene rings is 6. The molecule has 9 aromatic rings. The van der Waals surface area contributed by atoms with Gasteiger partial charge in [-0.1, -0.05) is 117 Å². The van der Waals surface area contributed by atoms with Gasteiger partial charge >= 0.3 is 0 Å². The number of para-hydroxylation sites is 1. The van der Waals surface area contributed by atoms with Crippen LogP contribution in [-0.4, -0.2) is 14.5 Å². The predicted molar refractivity (Wildman–Crippen MR) is 198 cm³/mol. The van der Waals surface area contributed by atoms with Crippen LogP contribution in [0.4, 0.5) is 0 Å². The SMILES string of the molecule is CC1(C)c2ccccc2-c2c(-c3ccc(-n4c5ccccc5c5c6c(ccc54)sc4ccccc46)cc3)nc(-c3ccccc3)nc21. The molecule has 0 amide bonds. The molecule has 0 fully saturated rings. The summed E-state index contributed by atoms with van der Waals surface area (Å²) in [5, 5.41) is 5.27. The molecular weight excluding hydrogens is 591 g/mol. The third-order valence-corrected chi connectivity index (χ3v) is 11.1. The van der Waals surface area contributed by atoms with E-state index >= 15 is 0 Å². The third kappa shape index (κ3) is 3.73. The smallest absolute Gasteiger partial charge is 0.160 e. The molecule has 0 saturated carbocycles. The standard InChI is InChI=1S/C43H29N3S/c1-43(2)32-17-9-6-14-29(32)39-40(44-42(45-41(39)43)27-12-4-3-5-13-27)26-20-22-28(23-21-26)46-33-18-10-7-15-30(33)37-34(46)24-25-36-38(37)31-16-8-11-19-35(31)47-36/h3-25H,1-2H3. The molecule has 0 spiro atoms. The fraction of sp³-hybridized carbons (Fsp3) is 0.0698. The van der Waals surface area contributed by atoms with E-state index in [1.807, 2.05) is 17.4 Å². The first kappa shape index (κ1) is 26.6. The lowest BCUT2D eigenvalue weighted by Crippen LogP contribution is -2.17. The lowest BCUT2D eigenvalue weighted by atomic mass is 9.85. The lowest BCUT2D eigenvalue weighted by Gasteiger charge is -2.21. The fourth-order valence-corrected chi connectivity index (χ4v) is 8.90. The first-order valence-electron chi connectivity index (χ1n) is 16.1. The molecule has 222 valence electrons. The average molecular weight is 620 g/mol. The summed E-state index contributed by atoms with van der Waals surface area (Å²) in [7, 11) is 0. The Morgan fingerprint density at radius 3 is 2.13 bits per heavy atom. The van der Waals surface area contributed by atoms with Gasteiger partial charge in [0.2, 0.25) is 0 Å². The van der Waals surface area contributed by atoms with Gasteiger partial charge in [0.15, 0.2) is 5.82 Å². The molecule has 47 heavy (non-hydrogen) atoms. The minimum atomic E-state index is -0.229. The maximum atomic E-state index is 5.28. The number of aromatic nitrogens is 3. The molecule has 1 aliphatic rings. The van der Waals surface area contributed by atoms with E-state index in [1.54, 1.807) is 0 Å². The summed E-state index contributed by atoms with van der Waals surface area (Å²) in [5.41, 5.74) is 11.2. The summed E-state index contributed by atoms with van der Waals surface area (Å²) in [6.07, 6.45) is 0. The number of rotatable bonds is 3. The van der Waals surface area contributed by atoms with Crippen LogP contribution in [0.1, 0.15) is 25.1 Å². The summed E-state index contributed by atoms with van der Waals surface area (Å²) in [4.78, 5) is 10.5. The fourth-order valence-electron chi connectivity index (χ4n) is 7.79. The molecule has 0 aliphatic heterocycles. The van der Waals surface area contributed by atoms with Crippen molar-refractivity contribution in [2.75, 3.05) is 0 Å². The van der Waals surface area contributed by atoms with Gasteiger partial charge in [-0.15, -0.1) is 11.3 Å². The Hall–Kier alpha value is -5.58. The van der Waals surface area contributed by atoms with Gasteiger partial charge in [0, 0.05) is 58.7 Å². The Bertz CT molecular complexity index is 2700. The zero-order valence-corrected chi connectivity index (χ0v) is 26.8. The monoisotopic (exact) mass is 619 g/mol. The highest BCUT2D eigenvalue weighted by Gasteiger charge is 2.39. The molecule has 0 bridgehead atoms. The Kier molecular flexibility index (Phi) is 5.50. The minimum Gasteiger partial charge on any atom is -0.309 e. The molecule has 3 aromatic heterocycles. The van der Waals surface area contributed by atoms with Crippen molar-refractivity contribution in [3.8, 4) is 39.5 Å². The predicted octanol–water partition coefficient (Wildman–Crippen LogP) is 11.6. The second-order valence-corrected chi connectivity index (χ2v) is 14.1. The Morgan fingerprint density at radius 1 is 0.553 bits per heavy atom. The molecule has 0 N–H and O–H groups in total. The van der Waals surface area contributed by atoms with E-state index in [-0.39, 0.29) is 5.41 Å². The quantitative estimate of drug-likeness (QED) is 0.197. The number of thiophene rings is 1. The van der Waals surface area contributed by atoms with E-state index < -0.39 is 0 Å². The third-order valence-electron chi connectivity index (χ3n) is 9.98. The van der Waals surface area contributed by atoms with Gasteiger partial charge in [0.25, 0.3) is 0 Å². The topological polar surface area (TPSA) is 30.7 Å². The van der Waals surface area contributed by atoms with Gasteiger partial charge in [-0.25, -0.2) is 9.97 Å². The van der Waals surface area contributed by atoms with Crippen molar-refractivity contribution in [1.82, 2.24) is 14.5 Å². The van der Waals surface area contributed by atoms with Crippen LogP contribution in [0.2, 0.25) is 0 Å². The molecule has 4 heteroatoms. The number of hydrogen-bond donors (Lipinski definition) is 0. The molecule has 10 rings (SSSR count). The summed E-state index contributed by atoms with van der Waals surface area (Å²) < 4.78 is 5.07. The van der Waals surface area contributed by atoms with Gasteiger partial charge in [-0.2, -0.15) is 0 Å². The van der Waals surface area contributed by atoms with Crippen LogP contribution in [0, 0.1) is 0 Å². The van der Waals surface area contributed by atoms with Crippen molar-refractivity contribution in [2.24, 2.45) is 0 Å². The van der Waals surface area contributed by atoms with Crippen LogP contribution in [0.15, 0.2) is 140 Å². The van der Waals surface area contributed by atoms with Crippen molar-refractivity contribution in [2.45, 2.75) is 19.3 Å². The van der Waals surface area contributed by atoms with E-state index in [2.05, 4.69) is 152 Å². The summed E-state index contributed by atoms with van der Waals surface area (Å²) in [6.45, 7) is 4.56. The second kappa shape index (κ2) is 9.71. The van der Waals surface area contributed by atoms with Gasteiger partial charge < -0.3 is 4.57 Å². The Labute approximate surface area is 276 Å². The Morgan fingerprint density at radius 2 is 1.28 bits per heavy atom. The maximum absolute atomic E-state index is 5.28. The van der Waals surface area contributed by atoms with Gasteiger partial charge in [0.1, 0.15) is 0 Å². The van der Waals surface area contributed by atoms with Crippen LogP contribution < -0.4 is 0 Å². The molecule has 6 aromatic carbocycles. The van der Waals surface area contributed by atoms with E-state index in [0.717, 1.165) is 39.6 Å². The highest BCUT2D eigenvalue weighted by atomic mass is 32.1. The van der Waals surface area contributed by atoms with Gasteiger partial charge in [-0.05, 0) is 47.5 Å². The molecule has 0 saturated heterocycles. The normalized spacial score (nSPS) is 13.5. The molecule has 1 aliphatic carbocycles. The van der Waals surface area contributed by atoms with Gasteiger partial charge in [-0.3, -0.25) is 0 Å². The number of fused-ring (bicyclic) bond motifs is 10. The molecule has 0 unspecified atom stereocenters. The van der Waals surface area contributed by atoms with Gasteiger partial charge in [0.05, 0.1) is 22.4 Å². The highest BCUT2D eigenvalue weighted by Crippen LogP contribution is 2.51.